The van der Waals surface area contributed by atoms with E-state index in [4.69, 9.17) is 9.84 Å². The van der Waals surface area contributed by atoms with Gasteiger partial charge in [-0.2, -0.15) is 0 Å². The maximum atomic E-state index is 11.8. The van der Waals surface area contributed by atoms with Crippen molar-refractivity contribution in [2.45, 2.75) is 33.1 Å². The predicted molar refractivity (Wildman–Crippen MR) is 67.4 cm³/mol. The molecule has 0 aliphatic carbocycles. The zero-order chi connectivity index (χ0) is 14.4. The molecular weight excluding hydrogens is 250 g/mol. The number of nitrogens with zero attached hydrogens (tertiary/aromatic N) is 1. The molecule has 104 valence electrons. The average Bonchev–Trinajstić information content (AvgIpc) is 2.37. The molecular formula is C13H17NO5. The van der Waals surface area contributed by atoms with Crippen molar-refractivity contribution in [1.82, 2.24) is 4.98 Å². The molecule has 0 unspecified atom stereocenters. The van der Waals surface area contributed by atoms with Gasteiger partial charge in [0, 0.05) is 6.20 Å². The highest BCUT2D eigenvalue weighted by atomic mass is 16.5. The number of carbonyl (C=O) groups is 2. The van der Waals surface area contributed by atoms with Gasteiger partial charge in [0.2, 0.25) is 0 Å². The fourth-order valence-corrected chi connectivity index (χ4v) is 1.55. The number of carboxylic acids is 1. The Labute approximate surface area is 111 Å². The molecule has 2 N–H and O–H groups in total. The van der Waals surface area contributed by atoms with E-state index in [0.717, 1.165) is 19.0 Å². The van der Waals surface area contributed by atoms with E-state index in [1.165, 1.54) is 6.92 Å². The first-order valence-corrected chi connectivity index (χ1v) is 6.08. The first kappa shape index (κ1) is 14.9. The first-order valence-electron chi connectivity index (χ1n) is 6.08. The van der Waals surface area contributed by atoms with Gasteiger partial charge < -0.3 is 14.9 Å². The minimum absolute atomic E-state index is 0.186. The van der Waals surface area contributed by atoms with Gasteiger partial charge in [0.15, 0.2) is 5.75 Å². The van der Waals surface area contributed by atoms with Crippen LogP contribution in [0.2, 0.25) is 0 Å². The van der Waals surface area contributed by atoms with Gasteiger partial charge in [-0.15, -0.1) is 0 Å². The van der Waals surface area contributed by atoms with Crippen molar-refractivity contribution in [3.63, 3.8) is 0 Å². The summed E-state index contributed by atoms with van der Waals surface area (Å²) in [6.07, 6.45) is 3.65. The Bertz CT molecular complexity index is 484. The molecule has 19 heavy (non-hydrogen) atoms. The van der Waals surface area contributed by atoms with E-state index in [9.17, 15) is 14.7 Å². The zero-order valence-electron chi connectivity index (χ0n) is 11.0. The molecule has 1 aromatic rings. The number of aryl methyl sites for hydroxylation is 1. The van der Waals surface area contributed by atoms with Gasteiger partial charge in [-0.3, -0.25) is 4.98 Å². The fraction of sp³-hybridized carbons (Fsp3) is 0.462. The first-order chi connectivity index (χ1) is 8.99. The van der Waals surface area contributed by atoms with Gasteiger partial charge in [-0.1, -0.05) is 19.8 Å². The van der Waals surface area contributed by atoms with E-state index in [0.29, 0.717) is 6.42 Å². The lowest BCUT2D eigenvalue weighted by atomic mass is 10.1. The van der Waals surface area contributed by atoms with Gasteiger partial charge in [-0.25, -0.2) is 9.59 Å². The van der Waals surface area contributed by atoms with Crippen LogP contribution in [0.4, 0.5) is 0 Å². The number of hydrogen-bond donors (Lipinski definition) is 2. The lowest BCUT2D eigenvalue weighted by Crippen LogP contribution is -2.14. The maximum Gasteiger partial charge on any atom is 0.342 e. The summed E-state index contributed by atoms with van der Waals surface area (Å²) in [5.41, 5.74) is -0.509. The Balaban J connectivity index is 2.94. The summed E-state index contributed by atoms with van der Waals surface area (Å²) in [7, 11) is 0. The number of pyridine rings is 1. The van der Waals surface area contributed by atoms with Crippen molar-refractivity contribution >= 4 is 11.9 Å². The molecule has 0 spiro atoms. The van der Waals surface area contributed by atoms with Gasteiger partial charge >= 0.3 is 11.9 Å². The highest BCUT2D eigenvalue weighted by molar-refractivity contribution is 6.04. The standard InChI is InChI=1S/C13H17NO5/c1-3-4-5-6-19-13(18)10-9(12(16)17)7-14-8(2)11(10)15/h7,15H,3-6H2,1-2H3,(H,16,17). The number of hydrogen-bond acceptors (Lipinski definition) is 5. The van der Waals surface area contributed by atoms with E-state index < -0.39 is 17.7 Å². The average molecular weight is 267 g/mol. The molecule has 0 aliphatic rings. The van der Waals surface area contributed by atoms with Crippen LogP contribution in [0.3, 0.4) is 0 Å². The van der Waals surface area contributed by atoms with Crippen LogP contribution in [0.15, 0.2) is 6.20 Å². The van der Waals surface area contributed by atoms with E-state index in [2.05, 4.69) is 4.98 Å². The van der Waals surface area contributed by atoms with E-state index in [-0.39, 0.29) is 23.4 Å². The van der Waals surface area contributed by atoms with Gasteiger partial charge in [0.05, 0.1) is 17.9 Å². The number of aromatic hydroxyl groups is 1. The lowest BCUT2D eigenvalue weighted by Gasteiger charge is -2.10. The SMILES string of the molecule is CCCCCOC(=O)c1c(C(=O)O)cnc(C)c1O. The summed E-state index contributed by atoms with van der Waals surface area (Å²) in [4.78, 5) is 26.6. The Kier molecular flexibility index (Phi) is 5.29. The molecule has 1 aromatic heterocycles. The maximum absolute atomic E-state index is 11.8. The molecule has 0 saturated heterocycles. The molecule has 0 bridgehead atoms. The highest BCUT2D eigenvalue weighted by Gasteiger charge is 2.24. The summed E-state index contributed by atoms with van der Waals surface area (Å²) in [6, 6.07) is 0. The van der Waals surface area contributed by atoms with Crippen LogP contribution in [0.25, 0.3) is 0 Å². The number of unbranched alkanes of at least 4 members (excludes halogenated alkanes) is 2. The zero-order valence-corrected chi connectivity index (χ0v) is 11.0. The van der Waals surface area contributed by atoms with Crippen molar-refractivity contribution in [3.05, 3.63) is 23.0 Å². The second-order valence-corrected chi connectivity index (χ2v) is 4.13. The third-order valence-corrected chi connectivity index (χ3v) is 2.65. The molecule has 0 amide bonds. The van der Waals surface area contributed by atoms with E-state index in [1.807, 2.05) is 6.92 Å². The normalized spacial score (nSPS) is 10.2. The molecule has 6 nitrogen and oxygen atoms in total. The summed E-state index contributed by atoms with van der Waals surface area (Å²) in [6.45, 7) is 3.70. The lowest BCUT2D eigenvalue weighted by molar-refractivity contribution is 0.0483. The van der Waals surface area contributed by atoms with E-state index in [1.54, 1.807) is 0 Å². The summed E-state index contributed by atoms with van der Waals surface area (Å²) in [5, 5.41) is 18.8. The minimum atomic E-state index is -1.33. The van der Waals surface area contributed by atoms with Crippen LogP contribution >= 0.6 is 0 Å². The second-order valence-electron chi connectivity index (χ2n) is 4.13. The molecule has 1 rings (SSSR count). The van der Waals surface area contributed by atoms with Crippen molar-refractivity contribution in [2.75, 3.05) is 6.61 Å². The smallest absolute Gasteiger partial charge is 0.342 e. The molecule has 0 atom stereocenters. The molecule has 1 heterocycles. The molecule has 0 saturated carbocycles. The van der Waals surface area contributed by atoms with Gasteiger partial charge in [-0.05, 0) is 13.3 Å². The molecule has 6 heteroatoms. The Morgan fingerprint density at radius 2 is 2.05 bits per heavy atom. The van der Waals surface area contributed by atoms with Gasteiger partial charge in [0.25, 0.3) is 0 Å². The number of carbonyl (C=O) groups excluding carboxylic acids is 1. The Morgan fingerprint density at radius 3 is 2.63 bits per heavy atom. The van der Waals surface area contributed by atoms with Gasteiger partial charge in [0.1, 0.15) is 5.56 Å². The molecule has 0 radical (unpaired) electrons. The van der Waals surface area contributed by atoms with Crippen LogP contribution in [-0.2, 0) is 4.74 Å². The quantitative estimate of drug-likeness (QED) is 0.605. The third-order valence-electron chi connectivity index (χ3n) is 2.65. The predicted octanol–water partition coefficient (Wildman–Crippen LogP) is 2.14. The Morgan fingerprint density at radius 1 is 1.37 bits per heavy atom. The van der Waals surface area contributed by atoms with Crippen LogP contribution in [0.1, 0.15) is 52.6 Å². The summed E-state index contributed by atoms with van der Waals surface area (Å²) < 4.78 is 4.97. The van der Waals surface area contributed by atoms with Crippen LogP contribution < -0.4 is 0 Å². The number of rotatable bonds is 6. The summed E-state index contributed by atoms with van der Waals surface area (Å²) >= 11 is 0. The second kappa shape index (κ2) is 6.72. The fourth-order valence-electron chi connectivity index (χ4n) is 1.55. The van der Waals surface area contributed by atoms with Crippen molar-refractivity contribution < 1.29 is 24.5 Å². The van der Waals surface area contributed by atoms with E-state index >= 15 is 0 Å². The highest BCUT2D eigenvalue weighted by Crippen LogP contribution is 2.24. The third kappa shape index (κ3) is 3.67. The number of aromatic carboxylic acids is 1. The van der Waals surface area contributed by atoms with Crippen molar-refractivity contribution in [2.24, 2.45) is 0 Å². The molecule has 0 aliphatic heterocycles. The van der Waals surface area contributed by atoms with Crippen molar-refractivity contribution in [1.29, 1.82) is 0 Å². The number of esters is 1. The number of carboxylic acid groups (broad SMARTS) is 1. The van der Waals surface area contributed by atoms with Crippen LogP contribution in [0, 0.1) is 6.92 Å². The topological polar surface area (TPSA) is 96.7 Å². The molecule has 0 aromatic carbocycles. The largest absolute Gasteiger partial charge is 0.505 e. The molecule has 0 fully saturated rings. The monoisotopic (exact) mass is 267 g/mol. The number of ether oxygens (including phenoxy) is 1. The number of aromatic nitrogens is 1. The summed E-state index contributed by atoms with van der Waals surface area (Å²) in [5.74, 6) is -2.61. The van der Waals surface area contributed by atoms with Crippen LogP contribution in [0.5, 0.6) is 5.75 Å². The van der Waals surface area contributed by atoms with Crippen LogP contribution in [-0.4, -0.2) is 33.7 Å². The minimum Gasteiger partial charge on any atom is -0.505 e. The Hall–Kier alpha value is -2.11. The van der Waals surface area contributed by atoms with Crippen molar-refractivity contribution in [3.8, 4) is 5.75 Å².